The van der Waals surface area contributed by atoms with Crippen molar-refractivity contribution in [2.24, 2.45) is 5.92 Å². The third kappa shape index (κ3) is 2.54. The topological polar surface area (TPSA) is 85.8 Å². The van der Waals surface area contributed by atoms with Crippen LogP contribution in [0.3, 0.4) is 0 Å². The molecule has 3 rings (SSSR count). The van der Waals surface area contributed by atoms with Crippen molar-refractivity contribution in [1.82, 2.24) is 10.1 Å². The highest BCUT2D eigenvalue weighted by atomic mass is 16.5. The minimum atomic E-state index is -0.290. The molecule has 0 bridgehead atoms. The molecule has 0 radical (unpaired) electrons. The average molecular weight is 290 g/mol. The highest BCUT2D eigenvalue weighted by Gasteiger charge is 2.33. The number of hydrogen-bond donors (Lipinski definition) is 0. The van der Waals surface area contributed by atoms with Crippen molar-refractivity contribution in [3.8, 4) is 11.5 Å². The Morgan fingerprint density at radius 2 is 2.29 bits per heavy atom. The number of rotatable bonds is 3. The van der Waals surface area contributed by atoms with Crippen molar-refractivity contribution in [3.05, 3.63) is 30.2 Å². The molecule has 1 aliphatic rings. The van der Waals surface area contributed by atoms with E-state index < -0.39 is 0 Å². The normalized spacial score (nSPS) is 18.0. The lowest BCUT2D eigenvalue weighted by Crippen LogP contribution is -2.30. The molecule has 2 aromatic rings. The van der Waals surface area contributed by atoms with Crippen LogP contribution < -0.4 is 0 Å². The van der Waals surface area contributed by atoms with Gasteiger partial charge in [0.05, 0.1) is 19.3 Å². The van der Waals surface area contributed by atoms with E-state index in [1.807, 2.05) is 0 Å². The van der Waals surface area contributed by atoms with Crippen LogP contribution in [0, 0.1) is 5.92 Å². The summed E-state index contributed by atoms with van der Waals surface area (Å²) in [5.41, 5.74) is 0.201. The van der Waals surface area contributed by atoms with E-state index >= 15 is 0 Å². The molecule has 7 heteroatoms. The van der Waals surface area contributed by atoms with Gasteiger partial charge in [0, 0.05) is 19.2 Å². The molecule has 0 N–H and O–H groups in total. The zero-order valence-corrected chi connectivity index (χ0v) is 11.4. The van der Waals surface area contributed by atoms with Crippen molar-refractivity contribution in [2.75, 3.05) is 20.2 Å². The molecule has 1 atom stereocenters. The van der Waals surface area contributed by atoms with Gasteiger partial charge >= 0.3 is 5.97 Å². The van der Waals surface area contributed by atoms with Crippen LogP contribution in [-0.2, 0) is 9.53 Å². The number of amides is 1. The van der Waals surface area contributed by atoms with Crippen LogP contribution in [0.15, 0.2) is 33.4 Å². The van der Waals surface area contributed by atoms with Crippen LogP contribution in [0.4, 0.5) is 0 Å². The SMILES string of the molecule is COC(=O)C1CCN(C(=O)c2cc(-c3ccco3)on2)C1. The number of nitrogens with zero attached hydrogens (tertiary/aromatic N) is 2. The molecule has 0 saturated carbocycles. The summed E-state index contributed by atoms with van der Waals surface area (Å²) in [7, 11) is 1.35. The Balaban J connectivity index is 1.70. The fourth-order valence-corrected chi connectivity index (χ4v) is 2.38. The Bertz CT molecular complexity index is 646. The number of hydrogen-bond acceptors (Lipinski definition) is 6. The average Bonchev–Trinajstić information content (AvgIpc) is 3.25. The van der Waals surface area contributed by atoms with E-state index in [-0.39, 0.29) is 23.5 Å². The summed E-state index contributed by atoms with van der Waals surface area (Å²) in [4.78, 5) is 25.4. The number of carbonyl (C=O) groups excluding carboxylic acids is 2. The number of ether oxygens (including phenoxy) is 1. The zero-order chi connectivity index (χ0) is 14.8. The van der Waals surface area contributed by atoms with Gasteiger partial charge < -0.3 is 18.6 Å². The van der Waals surface area contributed by atoms with E-state index in [0.717, 1.165) is 0 Å². The Kier molecular flexibility index (Phi) is 3.47. The standard InChI is InChI=1S/C14H14N2O5/c1-19-14(18)9-4-5-16(8-9)13(17)10-7-12(21-15-10)11-3-2-6-20-11/h2-3,6-7,9H,4-5,8H2,1H3. The van der Waals surface area contributed by atoms with Crippen LogP contribution in [-0.4, -0.2) is 42.1 Å². The first-order valence-corrected chi connectivity index (χ1v) is 6.56. The fraction of sp³-hybridized carbons (Fsp3) is 0.357. The van der Waals surface area contributed by atoms with Crippen LogP contribution in [0.2, 0.25) is 0 Å². The number of esters is 1. The third-order valence-electron chi connectivity index (χ3n) is 3.50. The summed E-state index contributed by atoms with van der Waals surface area (Å²) in [6.07, 6.45) is 2.11. The maximum Gasteiger partial charge on any atom is 0.310 e. The maximum absolute atomic E-state index is 12.3. The maximum atomic E-state index is 12.3. The molecule has 1 saturated heterocycles. The summed E-state index contributed by atoms with van der Waals surface area (Å²) in [5, 5.41) is 3.76. The Morgan fingerprint density at radius 3 is 3.00 bits per heavy atom. The van der Waals surface area contributed by atoms with E-state index in [0.29, 0.717) is 31.0 Å². The number of aromatic nitrogens is 1. The largest absolute Gasteiger partial charge is 0.469 e. The molecule has 7 nitrogen and oxygen atoms in total. The lowest BCUT2D eigenvalue weighted by atomic mass is 10.1. The van der Waals surface area contributed by atoms with E-state index in [4.69, 9.17) is 13.7 Å². The van der Waals surface area contributed by atoms with Gasteiger partial charge in [-0.1, -0.05) is 5.16 Å². The minimum absolute atomic E-state index is 0.201. The highest BCUT2D eigenvalue weighted by Crippen LogP contribution is 2.23. The van der Waals surface area contributed by atoms with Gasteiger partial charge in [0.2, 0.25) is 5.76 Å². The molecule has 1 fully saturated rings. The predicted molar refractivity (Wildman–Crippen MR) is 70.2 cm³/mol. The van der Waals surface area contributed by atoms with Crippen LogP contribution in [0.1, 0.15) is 16.9 Å². The lowest BCUT2D eigenvalue weighted by molar-refractivity contribution is -0.144. The minimum Gasteiger partial charge on any atom is -0.469 e. The van der Waals surface area contributed by atoms with Gasteiger partial charge in [0.1, 0.15) is 0 Å². The quantitative estimate of drug-likeness (QED) is 0.797. The number of likely N-dealkylation sites (tertiary alicyclic amines) is 1. The molecule has 2 aromatic heterocycles. The van der Waals surface area contributed by atoms with E-state index in [1.165, 1.54) is 19.4 Å². The second-order valence-electron chi connectivity index (χ2n) is 4.81. The molecule has 0 aliphatic carbocycles. The summed E-state index contributed by atoms with van der Waals surface area (Å²) >= 11 is 0. The second kappa shape index (κ2) is 5.43. The molecule has 0 spiro atoms. The van der Waals surface area contributed by atoms with Crippen molar-refractivity contribution in [3.63, 3.8) is 0 Å². The molecule has 3 heterocycles. The van der Waals surface area contributed by atoms with E-state index in [2.05, 4.69) is 5.16 Å². The third-order valence-corrected chi connectivity index (χ3v) is 3.50. The fourth-order valence-electron chi connectivity index (χ4n) is 2.38. The van der Waals surface area contributed by atoms with Gasteiger partial charge in [0.15, 0.2) is 11.5 Å². The van der Waals surface area contributed by atoms with Gasteiger partial charge in [-0.25, -0.2) is 0 Å². The van der Waals surface area contributed by atoms with Crippen LogP contribution >= 0.6 is 0 Å². The Morgan fingerprint density at radius 1 is 1.43 bits per heavy atom. The van der Waals surface area contributed by atoms with Crippen molar-refractivity contribution in [1.29, 1.82) is 0 Å². The Labute approximate surface area is 120 Å². The monoisotopic (exact) mass is 290 g/mol. The van der Waals surface area contributed by atoms with Crippen LogP contribution in [0.5, 0.6) is 0 Å². The molecule has 1 unspecified atom stereocenters. The van der Waals surface area contributed by atoms with Crippen LogP contribution in [0.25, 0.3) is 11.5 Å². The van der Waals surface area contributed by atoms with E-state index in [9.17, 15) is 9.59 Å². The molecule has 1 aliphatic heterocycles. The smallest absolute Gasteiger partial charge is 0.310 e. The van der Waals surface area contributed by atoms with Crippen molar-refractivity contribution < 1.29 is 23.3 Å². The molecule has 0 aromatic carbocycles. The molecular formula is C14H14N2O5. The predicted octanol–water partition coefficient (Wildman–Crippen LogP) is 1.57. The number of methoxy groups -OCH3 is 1. The summed E-state index contributed by atoms with van der Waals surface area (Å²) in [6, 6.07) is 4.98. The van der Waals surface area contributed by atoms with E-state index in [1.54, 1.807) is 17.0 Å². The first kappa shape index (κ1) is 13.4. The second-order valence-corrected chi connectivity index (χ2v) is 4.81. The number of carbonyl (C=O) groups is 2. The van der Waals surface area contributed by atoms with Crippen molar-refractivity contribution in [2.45, 2.75) is 6.42 Å². The molecular weight excluding hydrogens is 276 g/mol. The molecule has 21 heavy (non-hydrogen) atoms. The molecule has 1 amide bonds. The van der Waals surface area contributed by atoms with Gasteiger partial charge in [0.25, 0.3) is 5.91 Å². The summed E-state index contributed by atoms with van der Waals surface area (Å²) in [6.45, 7) is 0.843. The molecule has 110 valence electrons. The zero-order valence-electron chi connectivity index (χ0n) is 11.4. The highest BCUT2D eigenvalue weighted by molar-refractivity contribution is 5.93. The number of furan rings is 1. The van der Waals surface area contributed by atoms with Gasteiger partial charge in [-0.3, -0.25) is 9.59 Å². The summed E-state index contributed by atoms with van der Waals surface area (Å²) < 4.78 is 15.0. The van der Waals surface area contributed by atoms with Gasteiger partial charge in [-0.2, -0.15) is 0 Å². The Hall–Kier alpha value is -2.57. The summed E-state index contributed by atoms with van der Waals surface area (Å²) in [5.74, 6) is 0.0857. The van der Waals surface area contributed by atoms with Gasteiger partial charge in [-0.15, -0.1) is 0 Å². The lowest BCUT2D eigenvalue weighted by Gasteiger charge is -2.13. The van der Waals surface area contributed by atoms with Crippen molar-refractivity contribution >= 4 is 11.9 Å². The first-order valence-electron chi connectivity index (χ1n) is 6.56. The van der Waals surface area contributed by atoms with Gasteiger partial charge in [-0.05, 0) is 18.6 Å². The first-order chi connectivity index (χ1) is 10.2.